The third-order valence-electron chi connectivity index (χ3n) is 6.10. The lowest BCUT2D eigenvalue weighted by Gasteiger charge is -2.29. The highest BCUT2D eigenvalue weighted by molar-refractivity contribution is 5.74. The fourth-order valence-corrected chi connectivity index (χ4v) is 4.42. The average Bonchev–Trinajstić information content (AvgIpc) is 3.35. The molecule has 3 aromatic heterocycles. The average molecular weight is 404 g/mol. The summed E-state index contributed by atoms with van der Waals surface area (Å²) < 4.78 is 0. The first-order valence-corrected chi connectivity index (χ1v) is 11.0. The lowest BCUT2D eigenvalue weighted by atomic mass is 9.95. The van der Waals surface area contributed by atoms with Crippen molar-refractivity contribution in [1.82, 2.24) is 25.5 Å². The number of H-pyrrole nitrogens is 1. The molecule has 3 aromatic rings. The number of nitrogens with zero attached hydrogens (tertiary/aromatic N) is 4. The first-order chi connectivity index (χ1) is 14.8. The van der Waals surface area contributed by atoms with E-state index in [4.69, 9.17) is 4.98 Å². The molecule has 0 spiro atoms. The summed E-state index contributed by atoms with van der Waals surface area (Å²) in [5.74, 6) is 1.96. The van der Waals surface area contributed by atoms with Crippen LogP contribution in [-0.2, 0) is 0 Å². The molecule has 0 atom stereocenters. The van der Waals surface area contributed by atoms with E-state index in [0.717, 1.165) is 60.2 Å². The first kappa shape index (κ1) is 19.1. The van der Waals surface area contributed by atoms with E-state index in [-0.39, 0.29) is 0 Å². The third kappa shape index (κ3) is 4.31. The smallest absolute Gasteiger partial charge is 0.129 e. The molecule has 0 bridgehead atoms. The Kier molecular flexibility index (Phi) is 5.61. The van der Waals surface area contributed by atoms with Crippen LogP contribution in [0.1, 0.15) is 32.1 Å². The van der Waals surface area contributed by atoms with E-state index in [0.29, 0.717) is 6.04 Å². The van der Waals surface area contributed by atoms with Crippen LogP contribution in [-0.4, -0.2) is 52.4 Å². The number of rotatable bonds is 5. The van der Waals surface area contributed by atoms with E-state index in [1.807, 2.05) is 18.6 Å². The maximum absolute atomic E-state index is 5.04. The van der Waals surface area contributed by atoms with Crippen molar-refractivity contribution in [2.45, 2.75) is 38.1 Å². The highest BCUT2D eigenvalue weighted by Crippen LogP contribution is 2.30. The van der Waals surface area contributed by atoms with Crippen LogP contribution < -0.4 is 15.5 Å². The summed E-state index contributed by atoms with van der Waals surface area (Å²) in [5, 5.41) is 14.1. The molecule has 1 saturated heterocycles. The van der Waals surface area contributed by atoms with E-state index in [1.54, 1.807) is 0 Å². The Bertz CT molecular complexity index is 957. The van der Waals surface area contributed by atoms with Crippen LogP contribution in [0.15, 0.2) is 42.9 Å². The van der Waals surface area contributed by atoms with Crippen LogP contribution in [0.4, 0.5) is 11.6 Å². The molecule has 0 unspecified atom stereocenters. The predicted octanol–water partition coefficient (Wildman–Crippen LogP) is 3.69. The summed E-state index contributed by atoms with van der Waals surface area (Å²) in [6, 6.07) is 9.04. The molecule has 2 aliphatic rings. The molecule has 1 aliphatic heterocycles. The van der Waals surface area contributed by atoms with Gasteiger partial charge in [0.15, 0.2) is 0 Å². The van der Waals surface area contributed by atoms with Gasteiger partial charge in [-0.05, 0) is 42.7 Å². The normalized spacial score (nSPS) is 17.8. The molecule has 7 heteroatoms. The SMILES string of the molecule is c1cc(-c2cc(-c3cn[nH]c3)cc(N3CCNCC3)n2)cc(NC2CCCCC2)n1. The molecule has 0 radical (unpaired) electrons. The van der Waals surface area contributed by atoms with Gasteiger partial charge in [-0.3, -0.25) is 5.10 Å². The van der Waals surface area contributed by atoms with Gasteiger partial charge < -0.3 is 15.5 Å². The van der Waals surface area contributed by atoms with Gasteiger partial charge >= 0.3 is 0 Å². The molecular weight excluding hydrogens is 374 g/mol. The molecule has 7 nitrogen and oxygen atoms in total. The first-order valence-electron chi connectivity index (χ1n) is 11.0. The second kappa shape index (κ2) is 8.83. The Morgan fingerprint density at radius 3 is 2.63 bits per heavy atom. The molecule has 1 saturated carbocycles. The predicted molar refractivity (Wildman–Crippen MR) is 121 cm³/mol. The maximum atomic E-state index is 5.04. The number of pyridine rings is 2. The van der Waals surface area contributed by atoms with Gasteiger partial charge in [-0.1, -0.05) is 19.3 Å². The second-order valence-electron chi connectivity index (χ2n) is 8.23. The fraction of sp³-hybridized carbons (Fsp3) is 0.435. The Hall–Kier alpha value is -2.93. The minimum absolute atomic E-state index is 0.531. The number of piperazine rings is 1. The van der Waals surface area contributed by atoms with Crippen molar-refractivity contribution < 1.29 is 0 Å². The van der Waals surface area contributed by atoms with Crippen molar-refractivity contribution in [3.05, 3.63) is 42.9 Å². The van der Waals surface area contributed by atoms with Gasteiger partial charge in [0.2, 0.25) is 0 Å². The van der Waals surface area contributed by atoms with Crippen LogP contribution in [0.25, 0.3) is 22.4 Å². The number of anilines is 2. The molecule has 4 heterocycles. The quantitative estimate of drug-likeness (QED) is 0.603. The number of hydrogen-bond donors (Lipinski definition) is 3. The summed E-state index contributed by atoms with van der Waals surface area (Å²) in [6.07, 6.45) is 12.1. The van der Waals surface area contributed by atoms with Crippen LogP contribution >= 0.6 is 0 Å². The molecule has 0 amide bonds. The summed E-state index contributed by atoms with van der Waals surface area (Å²) in [6.45, 7) is 3.90. The lowest BCUT2D eigenvalue weighted by molar-refractivity contribution is 0.462. The van der Waals surface area contributed by atoms with Gasteiger partial charge in [0.1, 0.15) is 11.6 Å². The third-order valence-corrected chi connectivity index (χ3v) is 6.10. The second-order valence-corrected chi connectivity index (χ2v) is 8.23. The largest absolute Gasteiger partial charge is 0.367 e. The molecule has 1 aliphatic carbocycles. The zero-order valence-electron chi connectivity index (χ0n) is 17.3. The molecule has 156 valence electrons. The number of aromatic amines is 1. The van der Waals surface area contributed by atoms with E-state index >= 15 is 0 Å². The molecule has 2 fully saturated rings. The van der Waals surface area contributed by atoms with Crippen LogP contribution in [0.3, 0.4) is 0 Å². The summed E-state index contributed by atoms with van der Waals surface area (Å²) in [4.78, 5) is 12.0. The minimum atomic E-state index is 0.531. The summed E-state index contributed by atoms with van der Waals surface area (Å²) in [5.41, 5.74) is 4.26. The lowest BCUT2D eigenvalue weighted by Crippen LogP contribution is -2.43. The monoisotopic (exact) mass is 403 g/mol. The number of aromatic nitrogens is 4. The van der Waals surface area contributed by atoms with Gasteiger partial charge in [-0.2, -0.15) is 5.10 Å². The Morgan fingerprint density at radius 2 is 1.83 bits per heavy atom. The van der Waals surface area contributed by atoms with Crippen LogP contribution in [0, 0.1) is 0 Å². The van der Waals surface area contributed by atoms with E-state index < -0.39 is 0 Å². The zero-order valence-corrected chi connectivity index (χ0v) is 17.3. The molecule has 3 N–H and O–H groups in total. The van der Waals surface area contributed by atoms with Gasteiger partial charge in [-0.15, -0.1) is 0 Å². The van der Waals surface area contributed by atoms with Crippen molar-refractivity contribution >= 4 is 11.6 Å². The van der Waals surface area contributed by atoms with Gasteiger partial charge in [0.05, 0.1) is 11.9 Å². The van der Waals surface area contributed by atoms with E-state index in [9.17, 15) is 0 Å². The van der Waals surface area contributed by atoms with E-state index in [2.05, 4.69) is 55.0 Å². The van der Waals surface area contributed by atoms with Gasteiger partial charge in [0, 0.05) is 55.7 Å². The summed E-state index contributed by atoms with van der Waals surface area (Å²) >= 11 is 0. The topological polar surface area (TPSA) is 81.8 Å². The van der Waals surface area contributed by atoms with Gasteiger partial charge in [0.25, 0.3) is 0 Å². The molecule has 0 aromatic carbocycles. The Labute approximate surface area is 177 Å². The van der Waals surface area contributed by atoms with Crippen LogP contribution in [0.2, 0.25) is 0 Å². The highest BCUT2D eigenvalue weighted by Gasteiger charge is 2.17. The molecule has 30 heavy (non-hydrogen) atoms. The van der Waals surface area contributed by atoms with Crippen molar-refractivity contribution in [2.75, 3.05) is 36.4 Å². The maximum Gasteiger partial charge on any atom is 0.129 e. The zero-order chi connectivity index (χ0) is 20.2. The van der Waals surface area contributed by atoms with Crippen molar-refractivity contribution in [3.63, 3.8) is 0 Å². The van der Waals surface area contributed by atoms with E-state index in [1.165, 1.54) is 32.1 Å². The highest BCUT2D eigenvalue weighted by atomic mass is 15.2. The number of hydrogen-bond acceptors (Lipinski definition) is 6. The van der Waals surface area contributed by atoms with Crippen molar-refractivity contribution in [3.8, 4) is 22.4 Å². The van der Waals surface area contributed by atoms with Crippen LogP contribution in [0.5, 0.6) is 0 Å². The van der Waals surface area contributed by atoms with Gasteiger partial charge in [-0.25, -0.2) is 9.97 Å². The Balaban J connectivity index is 1.48. The fourth-order valence-electron chi connectivity index (χ4n) is 4.42. The molecule has 5 rings (SSSR count). The standard InChI is InChI=1S/C23H29N7/c1-2-4-20(5-3-1)28-22-13-17(6-7-25-22)21-12-18(19-15-26-27-16-19)14-23(29-21)30-10-8-24-9-11-30/h6-7,12-16,20,24H,1-5,8-11H2,(H,25,28)(H,26,27). The Morgan fingerprint density at radius 1 is 0.967 bits per heavy atom. The van der Waals surface area contributed by atoms with Crippen molar-refractivity contribution in [2.24, 2.45) is 0 Å². The minimum Gasteiger partial charge on any atom is -0.367 e. The van der Waals surface area contributed by atoms with Crippen molar-refractivity contribution in [1.29, 1.82) is 0 Å². The number of nitrogens with one attached hydrogen (secondary N) is 3. The molecular formula is C23H29N7. The summed E-state index contributed by atoms with van der Waals surface area (Å²) in [7, 11) is 0.